The van der Waals surface area contributed by atoms with Crippen LogP contribution in [0, 0.1) is 0 Å². The summed E-state index contributed by atoms with van der Waals surface area (Å²) >= 11 is 0. The van der Waals surface area contributed by atoms with Gasteiger partial charge in [0.15, 0.2) is 0 Å². The monoisotopic (exact) mass is 507 g/mol. The number of para-hydroxylation sites is 1. The van der Waals surface area contributed by atoms with E-state index in [-0.39, 0.29) is 12.0 Å². The molecular weight excluding hydrogens is 478 g/mol. The van der Waals surface area contributed by atoms with Crippen molar-refractivity contribution in [1.29, 1.82) is 0 Å². The summed E-state index contributed by atoms with van der Waals surface area (Å²) < 4.78 is 6.32. The van der Waals surface area contributed by atoms with Gasteiger partial charge >= 0.3 is 0 Å². The fraction of sp³-hybridized carbons (Fsp3) is 0.241. The van der Waals surface area contributed by atoms with E-state index in [1.807, 2.05) is 42.5 Å². The zero-order valence-corrected chi connectivity index (χ0v) is 20.9. The van der Waals surface area contributed by atoms with Crippen LogP contribution in [0.4, 0.5) is 11.6 Å². The normalized spacial score (nSPS) is 14.0. The highest BCUT2D eigenvalue weighted by Crippen LogP contribution is 2.28. The number of rotatable bonds is 8. The molecule has 5 aromatic rings. The summed E-state index contributed by atoms with van der Waals surface area (Å²) in [6, 6.07) is 19.7. The van der Waals surface area contributed by atoms with Crippen molar-refractivity contribution < 1.29 is 9.53 Å². The van der Waals surface area contributed by atoms with E-state index in [4.69, 9.17) is 9.72 Å². The van der Waals surface area contributed by atoms with Gasteiger partial charge in [-0.2, -0.15) is 5.10 Å². The van der Waals surface area contributed by atoms with Crippen LogP contribution in [0.1, 0.15) is 28.8 Å². The number of ether oxygens (including phenoxy) is 1. The van der Waals surface area contributed by atoms with E-state index < -0.39 is 0 Å². The number of carbonyl (C=O) groups is 1. The average Bonchev–Trinajstić information content (AvgIpc) is 3.43. The molecule has 0 atom stereocenters. The fourth-order valence-corrected chi connectivity index (χ4v) is 4.78. The summed E-state index contributed by atoms with van der Waals surface area (Å²) in [6.07, 6.45) is 6.30. The number of amides is 1. The topological polar surface area (TPSA) is 117 Å². The molecule has 0 aliphatic carbocycles. The Morgan fingerprint density at radius 2 is 1.89 bits per heavy atom. The van der Waals surface area contributed by atoms with E-state index in [2.05, 4.69) is 43.3 Å². The molecule has 0 bridgehead atoms. The maximum absolute atomic E-state index is 13.1. The van der Waals surface area contributed by atoms with E-state index in [0.717, 1.165) is 59.9 Å². The highest BCUT2D eigenvalue weighted by molar-refractivity contribution is 6.07. The van der Waals surface area contributed by atoms with Crippen molar-refractivity contribution >= 4 is 39.3 Å². The van der Waals surface area contributed by atoms with Crippen molar-refractivity contribution in [3.8, 4) is 5.75 Å². The van der Waals surface area contributed by atoms with Gasteiger partial charge in [0.2, 0.25) is 5.95 Å². The Hall–Kier alpha value is -4.50. The van der Waals surface area contributed by atoms with Gasteiger partial charge in [-0.15, -0.1) is 0 Å². The van der Waals surface area contributed by atoms with Crippen molar-refractivity contribution in [2.45, 2.75) is 25.4 Å². The highest BCUT2D eigenvalue weighted by Gasteiger charge is 2.17. The van der Waals surface area contributed by atoms with Gasteiger partial charge in [-0.3, -0.25) is 9.89 Å². The molecule has 0 saturated carbocycles. The molecule has 1 aliphatic heterocycles. The molecule has 3 aromatic carbocycles. The van der Waals surface area contributed by atoms with Gasteiger partial charge < -0.3 is 20.7 Å². The number of benzene rings is 3. The van der Waals surface area contributed by atoms with Crippen LogP contribution < -0.4 is 20.7 Å². The Balaban J connectivity index is 1.23. The van der Waals surface area contributed by atoms with Gasteiger partial charge in [-0.05, 0) is 56.1 Å². The average molecular weight is 508 g/mol. The summed E-state index contributed by atoms with van der Waals surface area (Å²) in [5.74, 6) is 1.02. The molecule has 1 amide bonds. The number of fused-ring (bicyclic) bond motifs is 2. The summed E-state index contributed by atoms with van der Waals surface area (Å²) in [6.45, 7) is 2.44. The molecule has 3 heterocycles. The number of aromatic amines is 1. The molecule has 0 spiro atoms. The molecule has 38 heavy (non-hydrogen) atoms. The number of nitrogens with zero attached hydrogens (tertiary/aromatic N) is 3. The fourth-order valence-electron chi connectivity index (χ4n) is 4.78. The van der Waals surface area contributed by atoms with Crippen LogP contribution in [-0.4, -0.2) is 51.8 Å². The Kier molecular flexibility index (Phi) is 6.82. The van der Waals surface area contributed by atoms with Crippen LogP contribution in [0.3, 0.4) is 0 Å². The molecule has 1 aliphatic rings. The number of aromatic nitrogens is 4. The largest absolute Gasteiger partial charge is 0.488 e. The minimum Gasteiger partial charge on any atom is -0.488 e. The standard InChI is InChI=1S/C29H29N7O2/c37-28(31-14-9-19-5-2-1-3-6-19)23-15-21(16-25-24(23)18-33-36-25)34-29-32-17-20-7-4-8-26(27(20)35-29)38-22-10-12-30-13-11-22/h1-8,15-18,22,30H,9-14H2,(H,31,37)(H,33,36)(H,32,34,35). The van der Waals surface area contributed by atoms with Gasteiger partial charge in [-0.25, -0.2) is 9.97 Å². The first-order valence-electron chi connectivity index (χ1n) is 12.9. The molecule has 1 fully saturated rings. The van der Waals surface area contributed by atoms with Crippen LogP contribution in [0.15, 0.2) is 73.1 Å². The van der Waals surface area contributed by atoms with E-state index in [1.54, 1.807) is 18.5 Å². The van der Waals surface area contributed by atoms with Crippen molar-refractivity contribution in [2.75, 3.05) is 25.0 Å². The zero-order chi connectivity index (χ0) is 25.7. The lowest BCUT2D eigenvalue weighted by Gasteiger charge is -2.24. The molecule has 9 nitrogen and oxygen atoms in total. The Morgan fingerprint density at radius 1 is 1.03 bits per heavy atom. The van der Waals surface area contributed by atoms with Crippen LogP contribution in [0.2, 0.25) is 0 Å². The van der Waals surface area contributed by atoms with Gasteiger partial charge in [0.1, 0.15) is 17.4 Å². The number of hydrogen-bond acceptors (Lipinski definition) is 7. The van der Waals surface area contributed by atoms with E-state index in [9.17, 15) is 4.79 Å². The summed E-state index contributed by atoms with van der Waals surface area (Å²) in [5.41, 5.74) is 3.89. The van der Waals surface area contributed by atoms with Crippen molar-refractivity contribution in [2.24, 2.45) is 0 Å². The maximum atomic E-state index is 13.1. The smallest absolute Gasteiger partial charge is 0.252 e. The molecule has 0 unspecified atom stereocenters. The quantitative estimate of drug-likeness (QED) is 0.247. The molecular formula is C29H29N7O2. The predicted molar refractivity (Wildman–Crippen MR) is 148 cm³/mol. The first-order valence-corrected chi connectivity index (χ1v) is 12.9. The van der Waals surface area contributed by atoms with Crippen LogP contribution in [0.25, 0.3) is 21.8 Å². The number of carbonyl (C=O) groups excluding carboxylic acids is 1. The Morgan fingerprint density at radius 3 is 2.76 bits per heavy atom. The second kappa shape index (κ2) is 10.9. The third-order valence-electron chi connectivity index (χ3n) is 6.76. The molecule has 6 rings (SSSR count). The third-order valence-corrected chi connectivity index (χ3v) is 6.76. The second-order valence-electron chi connectivity index (χ2n) is 9.43. The molecule has 192 valence electrons. The van der Waals surface area contributed by atoms with Crippen molar-refractivity contribution in [1.82, 2.24) is 30.8 Å². The molecule has 2 aromatic heterocycles. The number of hydrogen-bond donors (Lipinski definition) is 4. The minimum atomic E-state index is -0.159. The molecule has 1 saturated heterocycles. The lowest BCUT2D eigenvalue weighted by Crippen LogP contribution is -2.34. The van der Waals surface area contributed by atoms with Gasteiger partial charge in [-0.1, -0.05) is 42.5 Å². The van der Waals surface area contributed by atoms with Crippen molar-refractivity contribution in [3.05, 3.63) is 84.2 Å². The number of piperidine rings is 1. The van der Waals surface area contributed by atoms with Crippen LogP contribution >= 0.6 is 0 Å². The van der Waals surface area contributed by atoms with Crippen LogP contribution in [0.5, 0.6) is 5.75 Å². The SMILES string of the molecule is O=C(NCCc1ccccc1)c1cc(Nc2ncc3cccc(OC4CCNCC4)c3n2)cc2[nH]ncc12. The van der Waals surface area contributed by atoms with Crippen LogP contribution in [-0.2, 0) is 6.42 Å². The summed E-state index contributed by atoms with van der Waals surface area (Å²) in [7, 11) is 0. The summed E-state index contributed by atoms with van der Waals surface area (Å²) in [4.78, 5) is 22.4. The Bertz CT molecular complexity index is 1560. The first-order chi connectivity index (χ1) is 18.7. The first kappa shape index (κ1) is 23.9. The number of H-pyrrole nitrogens is 1. The third kappa shape index (κ3) is 5.28. The molecule has 4 N–H and O–H groups in total. The van der Waals surface area contributed by atoms with Gasteiger partial charge in [0.05, 0.1) is 17.3 Å². The second-order valence-corrected chi connectivity index (χ2v) is 9.43. The molecule has 0 radical (unpaired) electrons. The lowest BCUT2D eigenvalue weighted by atomic mass is 10.1. The lowest BCUT2D eigenvalue weighted by molar-refractivity contribution is 0.0956. The summed E-state index contributed by atoms with van der Waals surface area (Å²) in [5, 5.41) is 18.4. The predicted octanol–water partition coefficient (Wildman–Crippen LogP) is 4.35. The van der Waals surface area contributed by atoms with E-state index in [0.29, 0.717) is 23.7 Å². The number of nitrogens with one attached hydrogen (secondary N) is 4. The molecule has 9 heteroatoms. The number of anilines is 2. The highest BCUT2D eigenvalue weighted by atomic mass is 16.5. The Labute approximate surface area is 220 Å². The van der Waals surface area contributed by atoms with E-state index >= 15 is 0 Å². The minimum absolute atomic E-state index is 0.159. The van der Waals surface area contributed by atoms with Gasteiger partial charge in [0, 0.05) is 29.2 Å². The van der Waals surface area contributed by atoms with E-state index in [1.165, 1.54) is 5.56 Å². The van der Waals surface area contributed by atoms with Crippen molar-refractivity contribution in [3.63, 3.8) is 0 Å². The zero-order valence-electron chi connectivity index (χ0n) is 20.9. The maximum Gasteiger partial charge on any atom is 0.252 e. The van der Waals surface area contributed by atoms with Gasteiger partial charge in [0.25, 0.3) is 5.91 Å².